The molecule has 0 fully saturated rings. The van der Waals surface area contributed by atoms with Crippen LogP contribution in [-0.2, 0) is 4.79 Å². The second kappa shape index (κ2) is 4.69. The van der Waals surface area contributed by atoms with Crippen molar-refractivity contribution in [3.8, 4) is 0 Å². The minimum atomic E-state index is -1.60. The zero-order valence-electron chi connectivity index (χ0n) is 7.38. The Morgan fingerprint density at radius 2 is 2.14 bits per heavy atom. The van der Waals surface area contributed by atoms with Crippen LogP contribution in [0.15, 0.2) is 24.3 Å². The fourth-order valence-electron chi connectivity index (χ4n) is 1.07. The highest BCUT2D eigenvalue weighted by Crippen LogP contribution is 2.00. The molecule has 0 saturated heterocycles. The largest absolute Gasteiger partial charge is 0.488 e. The average molecular weight is 192 g/mol. The van der Waals surface area contributed by atoms with Gasteiger partial charge in [0.2, 0.25) is 0 Å². The number of hydrogen-bond donors (Lipinski definition) is 2. The number of carbonyl (C=O) groups is 2. The molecule has 1 aromatic carbocycles. The van der Waals surface area contributed by atoms with Crippen LogP contribution in [0, 0.1) is 0 Å². The van der Waals surface area contributed by atoms with Gasteiger partial charge in [-0.3, -0.25) is 4.79 Å². The molecule has 5 heteroatoms. The van der Waals surface area contributed by atoms with Crippen molar-refractivity contribution in [1.82, 2.24) is 0 Å². The van der Waals surface area contributed by atoms with Gasteiger partial charge in [-0.05, 0) is 5.46 Å². The van der Waals surface area contributed by atoms with Crippen molar-refractivity contribution in [3.05, 3.63) is 29.8 Å². The normalized spacial score (nSPS) is 9.57. The number of rotatable bonds is 4. The lowest BCUT2D eigenvalue weighted by Crippen LogP contribution is -2.30. The molecule has 0 aromatic heterocycles. The number of benzene rings is 1. The Hall–Kier alpha value is -1.46. The molecule has 0 atom stereocenters. The predicted octanol–water partition coefficient (Wildman–Crippen LogP) is -0.862. The Morgan fingerprint density at radius 3 is 2.71 bits per heavy atom. The molecular weight excluding hydrogens is 183 g/mol. The molecule has 72 valence electrons. The molecule has 0 aliphatic rings. The summed E-state index contributed by atoms with van der Waals surface area (Å²) in [6, 6.07) is 5.91. The maximum Gasteiger partial charge on any atom is 0.488 e. The summed E-state index contributed by atoms with van der Waals surface area (Å²) < 4.78 is 0. The van der Waals surface area contributed by atoms with Crippen molar-refractivity contribution in [3.63, 3.8) is 0 Å². The Morgan fingerprint density at radius 1 is 1.43 bits per heavy atom. The van der Waals surface area contributed by atoms with Gasteiger partial charge < -0.3 is 14.8 Å². The number of carbonyl (C=O) groups excluding carboxylic acids is 2. The van der Waals surface area contributed by atoms with E-state index in [-0.39, 0.29) is 17.7 Å². The maximum atomic E-state index is 11.2. The van der Waals surface area contributed by atoms with Gasteiger partial charge in [-0.15, -0.1) is 0 Å². The van der Waals surface area contributed by atoms with E-state index in [0.717, 1.165) is 0 Å². The first kappa shape index (κ1) is 10.6. The monoisotopic (exact) mass is 192 g/mol. The Labute approximate surface area is 81.3 Å². The maximum absolute atomic E-state index is 11.2. The van der Waals surface area contributed by atoms with Crippen molar-refractivity contribution in [2.45, 2.75) is 6.42 Å². The molecule has 0 aliphatic heterocycles. The minimum Gasteiger partial charge on any atom is -0.423 e. The average Bonchev–Trinajstić information content (AvgIpc) is 2.18. The molecule has 0 bridgehead atoms. The molecule has 0 spiro atoms. The lowest BCUT2D eigenvalue weighted by Gasteiger charge is -2.01. The molecule has 0 unspecified atom stereocenters. The topological polar surface area (TPSA) is 74.6 Å². The molecule has 1 rings (SSSR count). The minimum absolute atomic E-state index is 0.190. The summed E-state index contributed by atoms with van der Waals surface area (Å²) in [5.74, 6) is -0.331. The Balaban J connectivity index is 2.93. The van der Waals surface area contributed by atoms with Crippen LogP contribution < -0.4 is 5.46 Å². The van der Waals surface area contributed by atoms with Crippen LogP contribution in [0.25, 0.3) is 0 Å². The molecule has 0 saturated carbocycles. The van der Waals surface area contributed by atoms with Crippen molar-refractivity contribution in [2.75, 3.05) is 0 Å². The van der Waals surface area contributed by atoms with Crippen LogP contribution >= 0.6 is 0 Å². The summed E-state index contributed by atoms with van der Waals surface area (Å²) in [4.78, 5) is 21.3. The highest BCUT2D eigenvalue weighted by molar-refractivity contribution is 6.58. The quantitative estimate of drug-likeness (QED) is 0.281. The van der Waals surface area contributed by atoms with Gasteiger partial charge in [0.15, 0.2) is 5.78 Å². The van der Waals surface area contributed by atoms with Gasteiger partial charge in [0.25, 0.3) is 0 Å². The highest BCUT2D eigenvalue weighted by atomic mass is 16.4. The van der Waals surface area contributed by atoms with Gasteiger partial charge in [0.05, 0.1) is 6.42 Å². The molecule has 0 amide bonds. The standard InChI is InChI=1S/C9H9BO4/c11-5-4-9(12)7-2-1-3-8(6-7)10(13)14/h1-3,5-6,13-14H,4H2. The number of hydrogen-bond acceptors (Lipinski definition) is 4. The lowest BCUT2D eigenvalue weighted by molar-refractivity contribution is -0.107. The Bertz CT molecular complexity index is 348. The third-order valence-electron chi connectivity index (χ3n) is 1.78. The molecule has 0 aliphatic carbocycles. The zero-order chi connectivity index (χ0) is 10.6. The highest BCUT2D eigenvalue weighted by Gasteiger charge is 2.13. The van der Waals surface area contributed by atoms with Crippen LogP contribution in [0.2, 0.25) is 0 Å². The van der Waals surface area contributed by atoms with Gasteiger partial charge >= 0.3 is 7.12 Å². The van der Waals surface area contributed by atoms with E-state index in [0.29, 0.717) is 11.8 Å². The first-order valence-electron chi connectivity index (χ1n) is 4.08. The Kier molecular flexibility index (Phi) is 3.56. The van der Waals surface area contributed by atoms with Crippen molar-refractivity contribution >= 4 is 24.7 Å². The smallest absolute Gasteiger partial charge is 0.423 e. The summed E-state index contributed by atoms with van der Waals surface area (Å²) in [6.07, 6.45) is 0.329. The predicted molar refractivity (Wildman–Crippen MR) is 51.3 cm³/mol. The van der Waals surface area contributed by atoms with E-state index in [1.54, 1.807) is 0 Å². The van der Waals surface area contributed by atoms with Crippen molar-refractivity contribution < 1.29 is 19.6 Å². The van der Waals surface area contributed by atoms with Crippen LogP contribution in [0.4, 0.5) is 0 Å². The van der Waals surface area contributed by atoms with E-state index >= 15 is 0 Å². The van der Waals surface area contributed by atoms with Gasteiger partial charge in [0, 0.05) is 5.56 Å². The molecule has 0 radical (unpaired) electrons. The summed E-state index contributed by atoms with van der Waals surface area (Å²) >= 11 is 0. The van der Waals surface area contributed by atoms with E-state index in [1.165, 1.54) is 24.3 Å². The number of ketones is 1. The third-order valence-corrected chi connectivity index (χ3v) is 1.78. The van der Waals surface area contributed by atoms with E-state index in [4.69, 9.17) is 10.0 Å². The van der Waals surface area contributed by atoms with Crippen molar-refractivity contribution in [2.24, 2.45) is 0 Å². The summed E-state index contributed by atoms with van der Waals surface area (Å²) in [6.45, 7) is 0. The second-order valence-electron chi connectivity index (χ2n) is 2.79. The van der Waals surface area contributed by atoms with Gasteiger partial charge in [-0.25, -0.2) is 0 Å². The third kappa shape index (κ3) is 2.51. The van der Waals surface area contributed by atoms with E-state index in [9.17, 15) is 9.59 Å². The molecule has 4 nitrogen and oxygen atoms in total. The van der Waals surface area contributed by atoms with Crippen LogP contribution in [0.1, 0.15) is 16.8 Å². The van der Waals surface area contributed by atoms with Gasteiger partial charge in [-0.1, -0.05) is 24.3 Å². The van der Waals surface area contributed by atoms with Crippen molar-refractivity contribution in [1.29, 1.82) is 0 Å². The summed E-state index contributed by atoms with van der Waals surface area (Å²) in [5.41, 5.74) is 0.546. The zero-order valence-corrected chi connectivity index (χ0v) is 7.38. The van der Waals surface area contributed by atoms with Gasteiger partial charge in [-0.2, -0.15) is 0 Å². The molecular formula is C9H9BO4. The lowest BCUT2D eigenvalue weighted by atomic mass is 9.79. The van der Waals surface area contributed by atoms with Gasteiger partial charge in [0.1, 0.15) is 6.29 Å². The molecule has 2 N–H and O–H groups in total. The number of aldehydes is 1. The molecule has 14 heavy (non-hydrogen) atoms. The number of Topliss-reactive ketones (excluding diaryl/α,β-unsaturated/α-hetero) is 1. The van der Waals surface area contributed by atoms with E-state index < -0.39 is 7.12 Å². The first-order chi connectivity index (χ1) is 6.65. The second-order valence-corrected chi connectivity index (χ2v) is 2.79. The fraction of sp³-hybridized carbons (Fsp3) is 0.111. The summed E-state index contributed by atoms with van der Waals surface area (Å²) in [7, 11) is -1.60. The van der Waals surface area contributed by atoms with Crippen LogP contribution in [0.3, 0.4) is 0 Å². The molecule has 1 aromatic rings. The van der Waals surface area contributed by atoms with E-state index in [2.05, 4.69) is 0 Å². The fourth-order valence-corrected chi connectivity index (χ4v) is 1.07. The van der Waals surface area contributed by atoms with Crippen LogP contribution in [-0.4, -0.2) is 29.2 Å². The SMILES string of the molecule is O=CCC(=O)c1cccc(B(O)O)c1. The van der Waals surface area contributed by atoms with E-state index in [1.807, 2.05) is 0 Å². The summed E-state index contributed by atoms with van der Waals surface area (Å²) in [5, 5.41) is 17.7. The van der Waals surface area contributed by atoms with Crippen LogP contribution in [0.5, 0.6) is 0 Å². The first-order valence-corrected chi connectivity index (χ1v) is 4.08. The molecule has 0 heterocycles.